The Morgan fingerprint density at radius 2 is 2.08 bits per heavy atom. The molecule has 0 spiro atoms. The summed E-state index contributed by atoms with van der Waals surface area (Å²) >= 11 is 2.75. The number of H-pyrrole nitrogens is 1. The molecule has 7 nitrogen and oxygen atoms in total. The number of carbonyl (C=O) groups is 1. The molecule has 3 heterocycles. The second kappa shape index (κ2) is 7.14. The van der Waals surface area contributed by atoms with Gasteiger partial charge in [0.25, 0.3) is 5.56 Å². The Morgan fingerprint density at radius 1 is 1.23 bits per heavy atom. The van der Waals surface area contributed by atoms with E-state index < -0.39 is 0 Å². The number of aromatic nitrogens is 4. The van der Waals surface area contributed by atoms with Gasteiger partial charge in [0, 0.05) is 5.69 Å². The summed E-state index contributed by atoms with van der Waals surface area (Å²) in [4.78, 5) is 25.1. The number of hydrogen-bond acceptors (Lipinski definition) is 6. The molecule has 0 unspecified atom stereocenters. The van der Waals surface area contributed by atoms with Crippen LogP contribution in [-0.2, 0) is 4.79 Å². The van der Waals surface area contributed by atoms with Crippen LogP contribution in [0.3, 0.4) is 0 Å². The SMILES string of the molecule is O=C(CSc1n[nH]c(=O)c2cc(-c3cccs3)nn12)Nc1ccccc1. The lowest BCUT2D eigenvalue weighted by Gasteiger charge is -2.05. The maximum absolute atomic E-state index is 12.1. The van der Waals surface area contributed by atoms with Crippen molar-refractivity contribution in [2.24, 2.45) is 0 Å². The van der Waals surface area contributed by atoms with Crippen LogP contribution in [0.4, 0.5) is 5.69 Å². The first-order valence-electron chi connectivity index (χ1n) is 7.71. The number of aromatic amines is 1. The number of rotatable bonds is 5. The average molecular weight is 383 g/mol. The van der Waals surface area contributed by atoms with Crippen molar-refractivity contribution in [1.82, 2.24) is 19.8 Å². The van der Waals surface area contributed by atoms with Crippen molar-refractivity contribution in [2.75, 3.05) is 11.1 Å². The minimum atomic E-state index is -0.321. The van der Waals surface area contributed by atoms with E-state index in [0.29, 0.717) is 16.4 Å². The predicted octanol–water partition coefficient (Wildman–Crippen LogP) is 2.88. The van der Waals surface area contributed by atoms with E-state index in [1.807, 2.05) is 47.8 Å². The zero-order chi connectivity index (χ0) is 17.9. The van der Waals surface area contributed by atoms with E-state index in [9.17, 15) is 9.59 Å². The molecule has 0 saturated carbocycles. The zero-order valence-electron chi connectivity index (χ0n) is 13.4. The Labute approximate surface area is 156 Å². The average Bonchev–Trinajstić information content (AvgIpc) is 3.32. The van der Waals surface area contributed by atoms with Gasteiger partial charge >= 0.3 is 0 Å². The second-order valence-corrected chi connectivity index (χ2v) is 7.23. The maximum atomic E-state index is 12.1. The van der Waals surface area contributed by atoms with Crippen LogP contribution >= 0.6 is 23.1 Å². The summed E-state index contributed by atoms with van der Waals surface area (Å²) in [5.74, 6) is -0.00924. The number of benzene rings is 1. The first-order chi connectivity index (χ1) is 12.7. The summed E-state index contributed by atoms with van der Waals surface area (Å²) < 4.78 is 1.48. The van der Waals surface area contributed by atoms with Crippen LogP contribution in [0, 0.1) is 0 Å². The monoisotopic (exact) mass is 383 g/mol. The van der Waals surface area contributed by atoms with Crippen molar-refractivity contribution < 1.29 is 4.79 Å². The van der Waals surface area contributed by atoms with Gasteiger partial charge < -0.3 is 5.32 Å². The number of amides is 1. The van der Waals surface area contributed by atoms with Crippen molar-refractivity contribution in [3.8, 4) is 10.6 Å². The molecule has 1 aromatic carbocycles. The van der Waals surface area contributed by atoms with Gasteiger partial charge in [-0.3, -0.25) is 9.59 Å². The van der Waals surface area contributed by atoms with E-state index in [2.05, 4.69) is 20.6 Å². The molecule has 4 aromatic rings. The highest BCUT2D eigenvalue weighted by Gasteiger charge is 2.14. The fraction of sp³-hybridized carbons (Fsp3) is 0.0588. The van der Waals surface area contributed by atoms with Crippen molar-refractivity contribution in [3.05, 3.63) is 64.3 Å². The van der Waals surface area contributed by atoms with Crippen LogP contribution in [0.2, 0.25) is 0 Å². The highest BCUT2D eigenvalue weighted by Crippen LogP contribution is 2.25. The number of para-hydroxylation sites is 1. The minimum absolute atomic E-state index is 0.150. The van der Waals surface area contributed by atoms with Crippen molar-refractivity contribution in [1.29, 1.82) is 0 Å². The predicted molar refractivity (Wildman–Crippen MR) is 103 cm³/mol. The van der Waals surface area contributed by atoms with E-state index in [1.165, 1.54) is 16.3 Å². The molecule has 130 valence electrons. The summed E-state index contributed by atoms with van der Waals surface area (Å²) in [6, 6.07) is 14.8. The number of nitrogens with zero attached hydrogens (tertiary/aromatic N) is 3. The standard InChI is InChI=1S/C17H13N5O2S2/c23-15(18-11-5-2-1-3-6-11)10-26-17-20-19-16(24)13-9-12(21-22(13)17)14-7-4-8-25-14/h1-9H,10H2,(H,18,23)(H,19,24). The summed E-state index contributed by atoms with van der Waals surface area (Å²) in [6.45, 7) is 0. The topological polar surface area (TPSA) is 92.2 Å². The van der Waals surface area contributed by atoms with E-state index in [0.717, 1.165) is 10.6 Å². The second-order valence-electron chi connectivity index (χ2n) is 5.34. The molecule has 0 atom stereocenters. The third-order valence-corrected chi connectivity index (χ3v) is 5.36. The Kier molecular flexibility index (Phi) is 4.55. The molecule has 9 heteroatoms. The van der Waals surface area contributed by atoms with Crippen molar-refractivity contribution in [3.63, 3.8) is 0 Å². The summed E-state index contributed by atoms with van der Waals surface area (Å²) in [6.07, 6.45) is 0. The van der Waals surface area contributed by atoms with Gasteiger partial charge in [0.2, 0.25) is 11.1 Å². The molecule has 0 saturated heterocycles. The molecule has 26 heavy (non-hydrogen) atoms. The van der Waals surface area contributed by atoms with E-state index in [4.69, 9.17) is 0 Å². The highest BCUT2D eigenvalue weighted by molar-refractivity contribution is 7.99. The Morgan fingerprint density at radius 3 is 2.85 bits per heavy atom. The number of thiophene rings is 1. The fourth-order valence-corrected chi connectivity index (χ4v) is 3.76. The van der Waals surface area contributed by atoms with Crippen LogP contribution in [0.15, 0.2) is 63.9 Å². The van der Waals surface area contributed by atoms with Crippen molar-refractivity contribution in [2.45, 2.75) is 5.16 Å². The largest absolute Gasteiger partial charge is 0.325 e. The van der Waals surface area contributed by atoms with Gasteiger partial charge in [-0.1, -0.05) is 36.0 Å². The number of hydrogen-bond donors (Lipinski definition) is 2. The maximum Gasteiger partial charge on any atom is 0.290 e. The number of thioether (sulfide) groups is 1. The zero-order valence-corrected chi connectivity index (χ0v) is 15.0. The van der Waals surface area contributed by atoms with Gasteiger partial charge in [-0.2, -0.15) is 5.10 Å². The number of anilines is 1. The van der Waals surface area contributed by atoms with Crippen molar-refractivity contribution >= 4 is 40.2 Å². The smallest absolute Gasteiger partial charge is 0.290 e. The van der Waals surface area contributed by atoms with Crippen LogP contribution in [0.5, 0.6) is 0 Å². The van der Waals surface area contributed by atoms with Crippen LogP contribution in [-0.4, -0.2) is 31.5 Å². The molecule has 4 rings (SSSR count). The molecule has 1 amide bonds. The molecule has 0 aliphatic heterocycles. The molecule has 0 aliphatic carbocycles. The molecule has 0 fully saturated rings. The van der Waals surface area contributed by atoms with Gasteiger partial charge in [0.15, 0.2) is 0 Å². The van der Waals surface area contributed by atoms with Crippen LogP contribution < -0.4 is 10.9 Å². The third kappa shape index (κ3) is 3.39. The summed E-state index contributed by atoms with van der Waals surface area (Å²) in [5.41, 5.74) is 1.51. The van der Waals surface area contributed by atoms with Gasteiger partial charge in [-0.25, -0.2) is 9.61 Å². The first-order valence-corrected chi connectivity index (χ1v) is 9.57. The molecular weight excluding hydrogens is 370 g/mol. The lowest BCUT2D eigenvalue weighted by atomic mass is 10.3. The number of nitrogens with one attached hydrogen (secondary N) is 2. The Balaban J connectivity index is 1.56. The number of carbonyl (C=O) groups excluding carboxylic acids is 1. The Hall–Kier alpha value is -2.91. The fourth-order valence-electron chi connectivity index (χ4n) is 2.38. The highest BCUT2D eigenvalue weighted by atomic mass is 32.2. The lowest BCUT2D eigenvalue weighted by molar-refractivity contribution is -0.113. The Bertz CT molecular complexity index is 1100. The van der Waals surface area contributed by atoms with Crippen LogP contribution in [0.25, 0.3) is 16.1 Å². The van der Waals surface area contributed by atoms with Gasteiger partial charge in [-0.15, -0.1) is 16.4 Å². The third-order valence-electron chi connectivity index (χ3n) is 3.54. The number of fused-ring (bicyclic) bond motifs is 1. The quantitative estimate of drug-likeness (QED) is 0.517. The molecule has 3 aromatic heterocycles. The van der Waals surface area contributed by atoms with E-state index >= 15 is 0 Å². The lowest BCUT2D eigenvalue weighted by Crippen LogP contribution is -2.17. The summed E-state index contributed by atoms with van der Waals surface area (Å²) in [7, 11) is 0. The van der Waals surface area contributed by atoms with Gasteiger partial charge in [0.1, 0.15) is 11.2 Å². The van der Waals surface area contributed by atoms with Gasteiger partial charge in [-0.05, 0) is 29.6 Å². The molecular formula is C17H13N5O2S2. The molecule has 0 radical (unpaired) electrons. The minimum Gasteiger partial charge on any atom is -0.325 e. The van der Waals surface area contributed by atoms with E-state index in [1.54, 1.807) is 17.4 Å². The van der Waals surface area contributed by atoms with E-state index in [-0.39, 0.29) is 17.2 Å². The van der Waals surface area contributed by atoms with Crippen LogP contribution in [0.1, 0.15) is 0 Å². The molecule has 0 aliphatic rings. The molecule has 2 N–H and O–H groups in total. The molecule has 0 bridgehead atoms. The summed E-state index contributed by atoms with van der Waals surface area (Å²) in [5, 5.41) is 16.2. The van der Waals surface area contributed by atoms with Gasteiger partial charge in [0.05, 0.1) is 10.6 Å². The normalized spacial score (nSPS) is 10.9. The first kappa shape index (κ1) is 16.6.